The average molecular weight is 238 g/mol. The van der Waals surface area contributed by atoms with Crippen LogP contribution in [0, 0.1) is 6.92 Å². The number of carbonyl (C=O) groups is 1. The predicted molar refractivity (Wildman–Crippen MR) is 61.6 cm³/mol. The molecule has 1 N–H and O–H groups in total. The van der Waals surface area contributed by atoms with Crippen molar-refractivity contribution in [3.8, 4) is 0 Å². The van der Waals surface area contributed by atoms with Gasteiger partial charge in [-0.2, -0.15) is 0 Å². The van der Waals surface area contributed by atoms with E-state index in [9.17, 15) is 9.90 Å². The maximum Gasteiger partial charge on any atom is 0.293 e. The van der Waals surface area contributed by atoms with E-state index in [-0.39, 0.29) is 18.6 Å². The highest BCUT2D eigenvalue weighted by Crippen LogP contribution is 2.20. The number of aromatic nitrogens is 1. The molecule has 5 nitrogen and oxygen atoms in total. The fourth-order valence-corrected chi connectivity index (χ4v) is 2.26. The molecule has 1 fully saturated rings. The summed E-state index contributed by atoms with van der Waals surface area (Å²) in [7, 11) is 0. The molecule has 17 heavy (non-hydrogen) atoms. The summed E-state index contributed by atoms with van der Waals surface area (Å²) in [6, 6.07) is -0.0884. The van der Waals surface area contributed by atoms with E-state index < -0.39 is 0 Å². The van der Waals surface area contributed by atoms with Crippen LogP contribution < -0.4 is 0 Å². The van der Waals surface area contributed by atoms with Gasteiger partial charge in [-0.15, -0.1) is 0 Å². The molecular formula is C12H18N2O3. The summed E-state index contributed by atoms with van der Waals surface area (Å²) in [6.45, 7) is 2.50. The van der Waals surface area contributed by atoms with Crippen LogP contribution in [-0.4, -0.2) is 40.3 Å². The number of aliphatic hydroxyl groups excluding tert-OH is 1. The summed E-state index contributed by atoms with van der Waals surface area (Å²) in [5.74, 6) is 0.145. The first-order chi connectivity index (χ1) is 8.24. The van der Waals surface area contributed by atoms with Gasteiger partial charge in [-0.3, -0.25) is 4.79 Å². The molecular weight excluding hydrogens is 220 g/mol. The summed E-state index contributed by atoms with van der Waals surface area (Å²) in [5.41, 5.74) is 0.746. The molecule has 0 bridgehead atoms. The summed E-state index contributed by atoms with van der Waals surface area (Å²) in [6.07, 6.45) is 5.55. The number of amides is 1. The van der Waals surface area contributed by atoms with Crippen LogP contribution in [0.15, 0.2) is 10.7 Å². The minimum absolute atomic E-state index is 0.0128. The summed E-state index contributed by atoms with van der Waals surface area (Å²) >= 11 is 0. The van der Waals surface area contributed by atoms with E-state index in [1.165, 1.54) is 0 Å². The Morgan fingerprint density at radius 2 is 2.41 bits per heavy atom. The van der Waals surface area contributed by atoms with Gasteiger partial charge < -0.3 is 14.5 Å². The number of rotatable bonds is 2. The smallest absolute Gasteiger partial charge is 0.293 e. The molecule has 1 aromatic heterocycles. The number of aliphatic hydroxyl groups is 1. The lowest BCUT2D eigenvalue weighted by Gasteiger charge is -2.27. The van der Waals surface area contributed by atoms with Crippen LogP contribution in [-0.2, 0) is 0 Å². The molecule has 1 saturated heterocycles. The Morgan fingerprint density at radius 1 is 1.59 bits per heavy atom. The Morgan fingerprint density at radius 3 is 3.06 bits per heavy atom. The van der Waals surface area contributed by atoms with Gasteiger partial charge in [0.25, 0.3) is 5.91 Å². The van der Waals surface area contributed by atoms with Crippen molar-refractivity contribution in [2.75, 3.05) is 13.2 Å². The Balaban J connectivity index is 2.18. The first-order valence-electron chi connectivity index (χ1n) is 6.07. The molecule has 2 rings (SSSR count). The van der Waals surface area contributed by atoms with Gasteiger partial charge in [0, 0.05) is 12.1 Å². The number of likely N-dealkylation sites (tertiary alicyclic amines) is 1. The molecule has 0 radical (unpaired) electrons. The molecule has 1 aromatic rings. The summed E-state index contributed by atoms with van der Waals surface area (Å²) < 4.78 is 4.99. The number of aryl methyl sites for hydroxylation is 1. The Hall–Kier alpha value is -1.36. The topological polar surface area (TPSA) is 66.6 Å². The number of hydrogen-bond donors (Lipinski definition) is 1. The van der Waals surface area contributed by atoms with Gasteiger partial charge in [0.1, 0.15) is 0 Å². The first kappa shape index (κ1) is 12.1. The first-order valence-corrected chi connectivity index (χ1v) is 6.07. The third-order valence-electron chi connectivity index (χ3n) is 3.29. The molecule has 0 aliphatic carbocycles. The molecule has 0 aromatic carbocycles. The fourth-order valence-electron chi connectivity index (χ4n) is 2.26. The number of hydrogen-bond acceptors (Lipinski definition) is 4. The van der Waals surface area contributed by atoms with Gasteiger partial charge in [0.2, 0.25) is 5.76 Å². The van der Waals surface area contributed by atoms with Gasteiger partial charge in [-0.25, -0.2) is 0 Å². The molecule has 1 aliphatic rings. The minimum Gasteiger partial charge on any atom is -0.394 e. The highest BCUT2D eigenvalue weighted by Gasteiger charge is 2.28. The second-order valence-electron chi connectivity index (χ2n) is 4.52. The van der Waals surface area contributed by atoms with Crippen molar-refractivity contribution in [1.29, 1.82) is 0 Å². The maximum absolute atomic E-state index is 12.3. The average Bonchev–Trinajstić information content (AvgIpc) is 2.64. The van der Waals surface area contributed by atoms with Crippen molar-refractivity contribution >= 4 is 5.91 Å². The van der Waals surface area contributed by atoms with Crippen molar-refractivity contribution in [1.82, 2.24) is 10.1 Å². The molecule has 1 amide bonds. The van der Waals surface area contributed by atoms with Crippen molar-refractivity contribution in [2.45, 2.75) is 38.6 Å². The van der Waals surface area contributed by atoms with E-state index in [4.69, 9.17) is 4.52 Å². The van der Waals surface area contributed by atoms with E-state index in [1.54, 1.807) is 18.0 Å². The fraction of sp³-hybridized carbons (Fsp3) is 0.667. The van der Waals surface area contributed by atoms with Crippen molar-refractivity contribution in [3.05, 3.63) is 17.5 Å². The Kier molecular flexibility index (Phi) is 3.78. The zero-order chi connectivity index (χ0) is 12.3. The predicted octanol–water partition coefficient (Wildman–Crippen LogP) is 1.36. The number of nitrogens with zero attached hydrogens (tertiary/aromatic N) is 2. The Labute approximate surface area is 100 Å². The van der Waals surface area contributed by atoms with Crippen LogP contribution in [0.5, 0.6) is 0 Å². The Bertz CT molecular complexity index is 389. The lowest BCUT2D eigenvalue weighted by molar-refractivity contribution is 0.0558. The molecule has 0 saturated carbocycles. The van der Waals surface area contributed by atoms with E-state index in [1.807, 2.05) is 0 Å². The van der Waals surface area contributed by atoms with Crippen LogP contribution in [0.3, 0.4) is 0 Å². The van der Waals surface area contributed by atoms with Gasteiger partial charge >= 0.3 is 0 Å². The highest BCUT2D eigenvalue weighted by atomic mass is 16.5. The van der Waals surface area contributed by atoms with Crippen molar-refractivity contribution in [3.63, 3.8) is 0 Å². The third kappa shape index (κ3) is 2.49. The van der Waals surface area contributed by atoms with Crippen LogP contribution >= 0.6 is 0 Å². The second-order valence-corrected chi connectivity index (χ2v) is 4.52. The van der Waals surface area contributed by atoms with Crippen LogP contribution in [0.25, 0.3) is 0 Å². The van der Waals surface area contributed by atoms with E-state index in [0.29, 0.717) is 12.3 Å². The second kappa shape index (κ2) is 5.31. The molecule has 0 spiro atoms. The monoisotopic (exact) mass is 238 g/mol. The van der Waals surface area contributed by atoms with Gasteiger partial charge in [-0.05, 0) is 19.8 Å². The lowest BCUT2D eigenvalue weighted by atomic mass is 10.1. The number of carbonyl (C=O) groups excluding carboxylic acids is 1. The standard InChI is InChI=1S/C12H18N2O3/c1-9-7-13-17-11(9)12(16)14-6-4-2-3-5-10(14)8-15/h7,10,15H,2-6,8H2,1H3. The van der Waals surface area contributed by atoms with Gasteiger partial charge in [0.05, 0.1) is 18.8 Å². The molecule has 1 atom stereocenters. The lowest BCUT2D eigenvalue weighted by Crippen LogP contribution is -2.42. The molecule has 94 valence electrons. The van der Waals surface area contributed by atoms with Crippen LogP contribution in [0.4, 0.5) is 0 Å². The third-order valence-corrected chi connectivity index (χ3v) is 3.29. The van der Waals surface area contributed by atoms with Crippen molar-refractivity contribution < 1.29 is 14.4 Å². The zero-order valence-electron chi connectivity index (χ0n) is 10.1. The minimum atomic E-state index is -0.152. The molecule has 1 aliphatic heterocycles. The zero-order valence-corrected chi connectivity index (χ0v) is 10.1. The molecule has 5 heteroatoms. The molecule has 1 unspecified atom stereocenters. The van der Waals surface area contributed by atoms with Gasteiger partial charge in [-0.1, -0.05) is 18.0 Å². The van der Waals surface area contributed by atoms with E-state index in [0.717, 1.165) is 31.2 Å². The normalized spacial score (nSPS) is 21.3. The largest absolute Gasteiger partial charge is 0.394 e. The SMILES string of the molecule is Cc1cnoc1C(=O)N1CCCCCC1CO. The van der Waals surface area contributed by atoms with Crippen LogP contribution in [0.2, 0.25) is 0 Å². The highest BCUT2D eigenvalue weighted by molar-refractivity contribution is 5.92. The van der Waals surface area contributed by atoms with Crippen molar-refractivity contribution in [2.24, 2.45) is 0 Å². The van der Waals surface area contributed by atoms with Gasteiger partial charge in [0.15, 0.2) is 0 Å². The summed E-state index contributed by atoms with van der Waals surface area (Å²) in [5, 5.41) is 13.0. The summed E-state index contributed by atoms with van der Waals surface area (Å²) in [4.78, 5) is 14.0. The van der Waals surface area contributed by atoms with E-state index >= 15 is 0 Å². The van der Waals surface area contributed by atoms with E-state index in [2.05, 4.69) is 5.16 Å². The molecule has 2 heterocycles. The quantitative estimate of drug-likeness (QED) is 0.844. The van der Waals surface area contributed by atoms with Crippen LogP contribution in [0.1, 0.15) is 41.8 Å². The maximum atomic E-state index is 12.3.